The fourth-order valence-electron chi connectivity index (χ4n) is 0.795. The third-order valence-electron chi connectivity index (χ3n) is 1.86. The van der Waals surface area contributed by atoms with Crippen LogP contribution >= 0.6 is 28.3 Å². The van der Waals surface area contributed by atoms with Crippen molar-refractivity contribution < 1.29 is 19.8 Å². The molecule has 6 nitrogen and oxygen atoms in total. The summed E-state index contributed by atoms with van der Waals surface area (Å²) in [6, 6.07) is -0.814. The zero-order valence-corrected chi connectivity index (χ0v) is 12.3. The number of aliphatic hydroxyl groups excluding tert-OH is 2. The highest BCUT2D eigenvalue weighted by Gasteiger charge is 2.32. The van der Waals surface area contributed by atoms with Gasteiger partial charge in [0, 0.05) is 0 Å². The van der Waals surface area contributed by atoms with Crippen molar-refractivity contribution >= 4 is 40.3 Å². The summed E-state index contributed by atoms with van der Waals surface area (Å²) in [5, 5.41) is 17.3. The Morgan fingerprint density at radius 1 is 1.24 bits per heavy atom. The molecule has 0 aliphatic rings. The van der Waals surface area contributed by atoms with E-state index in [0.717, 1.165) is 0 Å². The highest BCUT2D eigenvalue weighted by atomic mass is 79.9. The molecule has 3 amide bonds. The number of rotatable bonds is 4. The molecule has 5 N–H and O–H groups in total. The Morgan fingerprint density at radius 3 is 1.76 bits per heavy atom. The predicted octanol–water partition coefficient (Wildman–Crippen LogP) is 0.528. The number of primary amides is 1. The molecule has 0 aliphatic carbocycles. The molecule has 0 atom stereocenters. The van der Waals surface area contributed by atoms with Crippen LogP contribution in [0, 0.1) is 0 Å². The number of hydrogen-bond acceptors (Lipinski definition) is 4. The number of imide groups is 1. The lowest BCUT2D eigenvalue weighted by atomic mass is 10.0. The van der Waals surface area contributed by atoms with Gasteiger partial charge in [-0.25, -0.2) is 4.79 Å². The Balaban J connectivity index is -0.000000340. The summed E-state index contributed by atoms with van der Waals surface area (Å²) in [5.41, 5.74) is 4.81. The molecule has 0 aliphatic heterocycles. The van der Waals surface area contributed by atoms with Gasteiger partial charge in [-0.05, 0) is 12.8 Å². The van der Waals surface area contributed by atoms with Gasteiger partial charge in [0.25, 0.3) is 0 Å². The maximum atomic E-state index is 11.3. The second-order valence-electron chi connectivity index (χ2n) is 2.94. The Hall–Kier alpha value is -0.370. The van der Waals surface area contributed by atoms with E-state index in [1.807, 2.05) is 19.2 Å². The van der Waals surface area contributed by atoms with Crippen LogP contribution in [0.5, 0.6) is 0 Å². The largest absolute Gasteiger partial charge is 0.394 e. The molecule has 0 unspecified atom stereocenters. The maximum absolute atomic E-state index is 11.3. The molecule has 0 saturated heterocycles. The molecule has 8 heteroatoms. The SMILES string of the molecule is CCC(Br)(CC)C(=O)NC(N)=O.Cl.OCCO. The van der Waals surface area contributed by atoms with Crippen LogP contribution in [0.1, 0.15) is 26.7 Å². The molecule has 0 spiro atoms. The second kappa shape index (κ2) is 12.1. The Bertz CT molecular complexity index is 223. The van der Waals surface area contributed by atoms with Gasteiger partial charge >= 0.3 is 6.03 Å². The lowest BCUT2D eigenvalue weighted by Crippen LogP contribution is -2.46. The van der Waals surface area contributed by atoms with Crippen molar-refractivity contribution in [3.63, 3.8) is 0 Å². The number of hydrogen-bond donors (Lipinski definition) is 4. The third kappa shape index (κ3) is 10.5. The zero-order chi connectivity index (χ0) is 13.2. The Kier molecular flexibility index (Phi) is 15.6. The summed E-state index contributed by atoms with van der Waals surface area (Å²) in [4.78, 5) is 21.6. The van der Waals surface area contributed by atoms with Gasteiger partial charge in [0.2, 0.25) is 5.91 Å². The fraction of sp³-hybridized carbons (Fsp3) is 0.778. The molecule has 0 aromatic rings. The van der Waals surface area contributed by atoms with Gasteiger partial charge in [0.15, 0.2) is 0 Å². The first-order valence-electron chi connectivity index (χ1n) is 4.89. The normalized spacial score (nSPS) is 9.47. The van der Waals surface area contributed by atoms with Crippen LogP contribution in [0.25, 0.3) is 0 Å². The molecule has 0 bridgehead atoms. The van der Waals surface area contributed by atoms with Crippen molar-refractivity contribution in [2.45, 2.75) is 31.0 Å². The zero-order valence-electron chi connectivity index (χ0n) is 9.90. The van der Waals surface area contributed by atoms with Crippen LogP contribution < -0.4 is 11.1 Å². The lowest BCUT2D eigenvalue weighted by molar-refractivity contribution is -0.122. The van der Waals surface area contributed by atoms with Crippen LogP contribution in [0.4, 0.5) is 4.79 Å². The summed E-state index contributed by atoms with van der Waals surface area (Å²) >= 11 is 3.26. The van der Waals surface area contributed by atoms with E-state index >= 15 is 0 Å². The minimum atomic E-state index is -0.814. The number of urea groups is 1. The van der Waals surface area contributed by atoms with Crippen molar-refractivity contribution in [3.05, 3.63) is 0 Å². The first-order valence-corrected chi connectivity index (χ1v) is 5.68. The quantitative estimate of drug-likeness (QED) is 0.561. The van der Waals surface area contributed by atoms with Crippen molar-refractivity contribution in [1.29, 1.82) is 0 Å². The van der Waals surface area contributed by atoms with Gasteiger partial charge in [-0.15, -0.1) is 12.4 Å². The molecule has 0 saturated carbocycles. The van der Waals surface area contributed by atoms with E-state index < -0.39 is 10.4 Å². The molecule has 0 aromatic carbocycles. The topological polar surface area (TPSA) is 113 Å². The molecular weight excluding hydrogens is 315 g/mol. The molecule has 0 rings (SSSR count). The van der Waals surface area contributed by atoms with Crippen LogP contribution in [0.2, 0.25) is 0 Å². The monoisotopic (exact) mass is 334 g/mol. The van der Waals surface area contributed by atoms with Gasteiger partial charge in [0.1, 0.15) is 4.32 Å². The second-order valence-corrected chi connectivity index (χ2v) is 4.46. The number of halogens is 2. The van der Waals surface area contributed by atoms with Crippen LogP contribution in [-0.2, 0) is 4.79 Å². The lowest BCUT2D eigenvalue weighted by Gasteiger charge is -2.21. The Labute approximate surface area is 115 Å². The van der Waals surface area contributed by atoms with Crippen molar-refractivity contribution in [3.8, 4) is 0 Å². The number of alkyl halides is 1. The number of nitrogens with one attached hydrogen (secondary N) is 1. The molecule has 0 radical (unpaired) electrons. The highest BCUT2D eigenvalue weighted by Crippen LogP contribution is 2.26. The average Bonchev–Trinajstić information content (AvgIpc) is 2.27. The number of carbonyl (C=O) groups is 2. The maximum Gasteiger partial charge on any atom is 0.318 e. The van der Waals surface area contributed by atoms with Gasteiger partial charge < -0.3 is 15.9 Å². The molecule has 0 fully saturated rings. The smallest absolute Gasteiger partial charge is 0.318 e. The predicted molar refractivity (Wildman–Crippen MR) is 71.4 cm³/mol. The number of nitrogens with two attached hydrogens (primary N) is 1. The summed E-state index contributed by atoms with van der Waals surface area (Å²) in [6.07, 6.45) is 1.23. The summed E-state index contributed by atoms with van der Waals surface area (Å²) in [5.74, 6) is -0.375. The van der Waals surface area contributed by atoms with E-state index in [-0.39, 0.29) is 31.5 Å². The van der Waals surface area contributed by atoms with Crippen LogP contribution in [0.15, 0.2) is 0 Å². The van der Waals surface area contributed by atoms with Gasteiger partial charge in [0.05, 0.1) is 13.2 Å². The average molecular weight is 336 g/mol. The van der Waals surface area contributed by atoms with E-state index in [9.17, 15) is 9.59 Å². The minimum absolute atomic E-state index is 0. The molecule has 0 aromatic heterocycles. The molecule has 17 heavy (non-hydrogen) atoms. The summed E-state index contributed by atoms with van der Waals surface area (Å²) in [6.45, 7) is 3.47. The number of carbonyl (C=O) groups excluding carboxylic acids is 2. The van der Waals surface area contributed by atoms with Gasteiger partial charge in [-0.2, -0.15) is 0 Å². The van der Waals surface area contributed by atoms with E-state index in [2.05, 4.69) is 15.9 Å². The van der Waals surface area contributed by atoms with E-state index in [1.165, 1.54) is 0 Å². The fourth-order valence-corrected chi connectivity index (χ4v) is 0.894. The number of aliphatic hydroxyl groups is 2. The molecule has 0 heterocycles. The van der Waals surface area contributed by atoms with Gasteiger partial charge in [-0.3, -0.25) is 10.1 Å². The van der Waals surface area contributed by atoms with Crippen molar-refractivity contribution in [1.82, 2.24) is 5.32 Å². The summed E-state index contributed by atoms with van der Waals surface area (Å²) in [7, 11) is 0. The Morgan fingerprint density at radius 2 is 1.59 bits per heavy atom. The minimum Gasteiger partial charge on any atom is -0.394 e. The van der Waals surface area contributed by atoms with E-state index in [4.69, 9.17) is 15.9 Å². The van der Waals surface area contributed by atoms with Gasteiger partial charge in [-0.1, -0.05) is 29.8 Å². The van der Waals surface area contributed by atoms with Crippen molar-refractivity contribution in [2.75, 3.05) is 13.2 Å². The van der Waals surface area contributed by atoms with E-state index in [0.29, 0.717) is 12.8 Å². The van der Waals surface area contributed by atoms with E-state index in [1.54, 1.807) is 0 Å². The van der Waals surface area contributed by atoms with Crippen LogP contribution in [0.3, 0.4) is 0 Å². The standard InChI is InChI=1S/C7H13BrN2O2.C2H6O2.ClH/c1-3-7(8,4-2)5(11)10-6(9)12;3-1-2-4;/h3-4H2,1-2H3,(H3,9,10,11,12);3-4H,1-2H2;1H. The first kappa shape index (κ1) is 21.9. The highest BCUT2D eigenvalue weighted by molar-refractivity contribution is 9.10. The number of amides is 3. The first-order chi connectivity index (χ1) is 7.37. The van der Waals surface area contributed by atoms with Crippen molar-refractivity contribution in [2.24, 2.45) is 5.73 Å². The molecular formula is C9H20BrClN2O4. The van der Waals surface area contributed by atoms with Crippen LogP contribution in [-0.4, -0.2) is 39.7 Å². The summed E-state index contributed by atoms with van der Waals surface area (Å²) < 4.78 is -0.665. The third-order valence-corrected chi connectivity index (χ3v) is 3.35. The molecule has 104 valence electrons.